The second-order valence-electron chi connectivity index (χ2n) is 11.6. The smallest absolute Gasteiger partial charge is 0.338 e. The van der Waals surface area contributed by atoms with Gasteiger partial charge in [-0.05, 0) is 79.3 Å². The predicted molar refractivity (Wildman–Crippen MR) is 166 cm³/mol. The Balaban J connectivity index is 1.67. The number of hydrogen-bond acceptors (Lipinski definition) is 8. The zero-order chi connectivity index (χ0) is 31.9. The molecule has 1 fully saturated rings. The number of carbonyl (C=O) groups is 2. The van der Waals surface area contributed by atoms with Gasteiger partial charge in [0, 0.05) is 0 Å². The molecule has 1 atom stereocenters. The number of rotatable bonds is 18. The first kappa shape index (κ1) is 35.1. The molecule has 0 radical (unpaired) electrons. The van der Waals surface area contributed by atoms with Crippen LogP contribution >= 0.6 is 0 Å². The maximum atomic E-state index is 15.4. The van der Waals surface area contributed by atoms with Crippen molar-refractivity contribution in [1.82, 2.24) is 0 Å². The van der Waals surface area contributed by atoms with Crippen LogP contribution in [-0.2, 0) is 19.1 Å². The van der Waals surface area contributed by atoms with E-state index in [0.717, 1.165) is 37.2 Å². The molecule has 0 bridgehead atoms. The van der Waals surface area contributed by atoms with Crippen molar-refractivity contribution in [2.45, 2.75) is 84.0 Å². The molecule has 2 aromatic rings. The van der Waals surface area contributed by atoms with Crippen LogP contribution in [0.1, 0.15) is 89.5 Å². The number of aliphatic hydroxyl groups excluding tert-OH is 2. The topological polar surface area (TPSA) is 112 Å². The summed E-state index contributed by atoms with van der Waals surface area (Å²) < 4.78 is 36.7. The monoisotopic (exact) mass is 614 g/mol. The van der Waals surface area contributed by atoms with Crippen LogP contribution in [0.4, 0.5) is 4.39 Å². The Morgan fingerprint density at radius 2 is 1.57 bits per heavy atom. The summed E-state index contributed by atoms with van der Waals surface area (Å²) in [5, 5.41) is 18.2. The lowest BCUT2D eigenvalue weighted by Gasteiger charge is -2.29. The third kappa shape index (κ3) is 10.6. The van der Waals surface area contributed by atoms with E-state index in [4.69, 9.17) is 29.2 Å². The van der Waals surface area contributed by atoms with Crippen molar-refractivity contribution in [1.29, 1.82) is 0 Å². The Morgan fingerprint density at radius 3 is 2.25 bits per heavy atom. The minimum atomic E-state index is -0.822. The van der Waals surface area contributed by atoms with Crippen molar-refractivity contribution in [2.24, 2.45) is 11.8 Å². The van der Waals surface area contributed by atoms with Gasteiger partial charge in [-0.3, -0.25) is 4.79 Å². The Kier molecular flexibility index (Phi) is 14.7. The van der Waals surface area contributed by atoms with Gasteiger partial charge in [-0.1, -0.05) is 70.2 Å². The van der Waals surface area contributed by atoms with Crippen molar-refractivity contribution < 1.29 is 43.1 Å². The summed E-state index contributed by atoms with van der Waals surface area (Å²) in [5.74, 6) is -1.08. The van der Waals surface area contributed by atoms with E-state index >= 15 is 4.39 Å². The summed E-state index contributed by atoms with van der Waals surface area (Å²) in [6.45, 7) is 5.31. The van der Waals surface area contributed by atoms with Crippen LogP contribution in [0.3, 0.4) is 0 Å². The van der Waals surface area contributed by atoms with Crippen LogP contribution in [0.5, 0.6) is 11.5 Å². The Labute approximate surface area is 260 Å². The highest BCUT2D eigenvalue weighted by atomic mass is 19.1. The summed E-state index contributed by atoms with van der Waals surface area (Å²) >= 11 is 0. The molecule has 3 rings (SSSR count). The molecule has 0 spiro atoms. The van der Waals surface area contributed by atoms with Gasteiger partial charge in [0.1, 0.15) is 5.82 Å². The van der Waals surface area contributed by atoms with Crippen molar-refractivity contribution in [3.05, 3.63) is 59.9 Å². The van der Waals surface area contributed by atoms with Gasteiger partial charge in [0.25, 0.3) is 0 Å². The summed E-state index contributed by atoms with van der Waals surface area (Å²) in [5.41, 5.74) is 1.90. The van der Waals surface area contributed by atoms with Crippen LogP contribution in [-0.4, -0.2) is 49.0 Å². The fraction of sp³-hybridized carbons (Fsp3) is 0.543. The molecule has 9 heteroatoms. The zero-order valence-corrected chi connectivity index (χ0v) is 26.0. The number of esters is 2. The number of hydrogen-bond donors (Lipinski definition) is 2. The SMILES string of the molecule is C=C(CO)C(=O)OCOc1cc(-c2ccc(C3CCC(CCCCCCC)CC3)c(F)c2)ccc1OCOC(=O)C(C)CO. The Bertz CT molecular complexity index is 1220. The molecule has 0 heterocycles. The zero-order valence-electron chi connectivity index (χ0n) is 26.0. The van der Waals surface area contributed by atoms with Crippen LogP contribution in [0.15, 0.2) is 48.6 Å². The maximum Gasteiger partial charge on any atom is 0.338 e. The largest absolute Gasteiger partial charge is 0.453 e. The number of carbonyl (C=O) groups excluding carboxylic acids is 2. The van der Waals surface area contributed by atoms with Crippen molar-refractivity contribution in [2.75, 3.05) is 26.8 Å². The van der Waals surface area contributed by atoms with E-state index < -0.39 is 38.0 Å². The summed E-state index contributed by atoms with van der Waals surface area (Å²) in [6, 6.07) is 10.2. The quantitative estimate of drug-likeness (QED) is 0.0794. The summed E-state index contributed by atoms with van der Waals surface area (Å²) in [7, 11) is 0. The van der Waals surface area contributed by atoms with Gasteiger partial charge in [-0.15, -0.1) is 0 Å². The molecule has 1 saturated carbocycles. The standard InChI is InChI=1S/C35H47FO8/c1-4-5-6-7-8-9-26-10-12-27(13-11-26)30-16-14-28(18-31(30)36)29-15-17-32(41-22-43-34(39)24(2)20-37)33(19-29)42-23-44-35(40)25(3)21-38/h14-19,24,26-27,37-38H,3-13,20-23H2,1-2H3. The highest BCUT2D eigenvalue weighted by molar-refractivity contribution is 5.87. The second kappa shape index (κ2) is 18.4. The average molecular weight is 615 g/mol. The molecule has 0 aromatic heterocycles. The molecule has 8 nitrogen and oxygen atoms in total. The molecule has 2 N–H and O–H groups in total. The third-order valence-corrected chi connectivity index (χ3v) is 8.26. The summed E-state index contributed by atoms with van der Waals surface area (Å²) in [4.78, 5) is 23.7. The summed E-state index contributed by atoms with van der Waals surface area (Å²) in [6.07, 6.45) is 12.1. The predicted octanol–water partition coefficient (Wildman–Crippen LogP) is 7.06. The third-order valence-electron chi connectivity index (χ3n) is 8.26. The number of benzene rings is 2. The van der Waals surface area contributed by atoms with Crippen LogP contribution in [0, 0.1) is 17.7 Å². The molecule has 1 aliphatic carbocycles. The number of halogens is 1. The molecule has 0 amide bonds. The first-order valence-corrected chi connectivity index (χ1v) is 15.7. The van der Waals surface area contributed by atoms with Crippen molar-refractivity contribution in [3.63, 3.8) is 0 Å². The number of ether oxygens (including phenoxy) is 4. The fourth-order valence-corrected chi connectivity index (χ4v) is 5.44. The molecular formula is C35H47FO8. The lowest BCUT2D eigenvalue weighted by molar-refractivity contribution is -0.156. The average Bonchev–Trinajstić information content (AvgIpc) is 3.04. The van der Waals surface area contributed by atoms with Gasteiger partial charge in [-0.25, -0.2) is 9.18 Å². The van der Waals surface area contributed by atoms with Crippen LogP contribution in [0.25, 0.3) is 11.1 Å². The molecule has 0 aliphatic heterocycles. The van der Waals surface area contributed by atoms with E-state index in [2.05, 4.69) is 13.5 Å². The Hall–Kier alpha value is -3.43. The van der Waals surface area contributed by atoms with Crippen LogP contribution < -0.4 is 9.47 Å². The highest BCUT2D eigenvalue weighted by Crippen LogP contribution is 2.40. The lowest BCUT2D eigenvalue weighted by atomic mass is 9.76. The first-order chi connectivity index (χ1) is 21.3. The Morgan fingerprint density at radius 1 is 0.909 bits per heavy atom. The molecule has 44 heavy (non-hydrogen) atoms. The fourth-order valence-electron chi connectivity index (χ4n) is 5.44. The number of aliphatic hydroxyl groups is 2. The van der Waals surface area contributed by atoms with E-state index in [1.807, 2.05) is 12.1 Å². The minimum Gasteiger partial charge on any atom is -0.453 e. The minimum absolute atomic E-state index is 0.129. The van der Waals surface area contributed by atoms with Gasteiger partial charge in [-0.2, -0.15) is 0 Å². The molecule has 1 unspecified atom stereocenters. The van der Waals surface area contributed by atoms with Crippen LogP contribution in [0.2, 0.25) is 0 Å². The van der Waals surface area contributed by atoms with E-state index in [0.29, 0.717) is 11.1 Å². The van der Waals surface area contributed by atoms with Gasteiger partial charge in [0.05, 0.1) is 24.7 Å². The normalized spacial score (nSPS) is 17.0. The molecular weight excluding hydrogens is 567 g/mol. The van der Waals surface area contributed by atoms with E-state index in [1.54, 1.807) is 18.2 Å². The highest BCUT2D eigenvalue weighted by Gasteiger charge is 2.24. The molecule has 0 saturated heterocycles. The van der Waals surface area contributed by atoms with Gasteiger partial charge >= 0.3 is 11.9 Å². The van der Waals surface area contributed by atoms with Gasteiger partial charge < -0.3 is 29.2 Å². The van der Waals surface area contributed by atoms with Crippen molar-refractivity contribution >= 4 is 11.9 Å². The van der Waals surface area contributed by atoms with Gasteiger partial charge in [0.15, 0.2) is 11.5 Å². The second-order valence-corrected chi connectivity index (χ2v) is 11.6. The van der Waals surface area contributed by atoms with E-state index in [1.165, 1.54) is 51.5 Å². The molecule has 1 aliphatic rings. The van der Waals surface area contributed by atoms with E-state index in [-0.39, 0.29) is 35.4 Å². The van der Waals surface area contributed by atoms with E-state index in [9.17, 15) is 9.59 Å². The maximum absolute atomic E-state index is 15.4. The molecule has 242 valence electrons. The van der Waals surface area contributed by atoms with Crippen molar-refractivity contribution in [3.8, 4) is 22.6 Å². The first-order valence-electron chi connectivity index (χ1n) is 15.7. The number of unbranched alkanes of at least 4 members (excludes halogenated alkanes) is 4. The lowest BCUT2D eigenvalue weighted by Crippen LogP contribution is -2.20. The molecule has 2 aromatic carbocycles. The van der Waals surface area contributed by atoms with Gasteiger partial charge in [0.2, 0.25) is 13.6 Å².